The van der Waals surface area contributed by atoms with Crippen molar-refractivity contribution in [2.45, 2.75) is 25.8 Å². The fourth-order valence-electron chi connectivity index (χ4n) is 1.59. The molecule has 0 bridgehead atoms. The molecule has 19 heavy (non-hydrogen) atoms. The normalized spacial score (nSPS) is 11.9. The van der Waals surface area contributed by atoms with Crippen molar-refractivity contribution in [3.05, 3.63) is 28.7 Å². The second kappa shape index (κ2) is 7.91. The predicted octanol–water partition coefficient (Wildman–Crippen LogP) is 2.23. The van der Waals surface area contributed by atoms with Gasteiger partial charge in [0.05, 0.1) is 6.54 Å². The van der Waals surface area contributed by atoms with Gasteiger partial charge in [0, 0.05) is 10.2 Å². The van der Waals surface area contributed by atoms with Gasteiger partial charge in [-0.25, -0.2) is 0 Å². The first kappa shape index (κ1) is 15.7. The molecule has 0 aromatic heterocycles. The molecule has 0 radical (unpaired) electrons. The Bertz CT molecular complexity index is 451. The van der Waals surface area contributed by atoms with Crippen LogP contribution in [0.1, 0.15) is 19.8 Å². The molecule has 3 N–H and O–H groups in total. The van der Waals surface area contributed by atoms with Crippen LogP contribution in [0.15, 0.2) is 28.7 Å². The van der Waals surface area contributed by atoms with E-state index in [0.717, 1.165) is 10.9 Å². The van der Waals surface area contributed by atoms with Gasteiger partial charge >= 0.3 is 5.97 Å². The molecule has 0 fully saturated rings. The highest BCUT2D eigenvalue weighted by Crippen LogP contribution is 2.15. The molecule has 0 aliphatic rings. The minimum Gasteiger partial charge on any atom is -0.480 e. The monoisotopic (exact) mass is 328 g/mol. The number of carboxylic acid groups (broad SMARTS) is 1. The Kier molecular flexibility index (Phi) is 6.52. The summed E-state index contributed by atoms with van der Waals surface area (Å²) in [4.78, 5) is 22.6. The van der Waals surface area contributed by atoms with E-state index in [-0.39, 0.29) is 12.5 Å². The Labute approximate surface area is 120 Å². The van der Waals surface area contributed by atoms with Crippen LogP contribution in [0.3, 0.4) is 0 Å². The van der Waals surface area contributed by atoms with Crippen LogP contribution in [0.25, 0.3) is 0 Å². The number of amides is 1. The first-order chi connectivity index (χ1) is 9.02. The molecule has 0 aliphatic heterocycles. The van der Waals surface area contributed by atoms with Crippen LogP contribution in [0.2, 0.25) is 0 Å². The Hall–Kier alpha value is -1.40. The average molecular weight is 329 g/mol. The van der Waals surface area contributed by atoms with Gasteiger partial charge in [-0.1, -0.05) is 35.3 Å². The highest BCUT2D eigenvalue weighted by molar-refractivity contribution is 9.10. The molecule has 0 aliphatic carbocycles. The standard InChI is InChI=1S/C13H17BrN2O3/c1-2-4-11(13(18)19)15-8-12(17)16-10-6-3-5-9(14)7-10/h3,5-7,11,15H,2,4,8H2,1H3,(H,16,17)(H,18,19). The third-order valence-corrected chi connectivity index (χ3v) is 2.99. The third-order valence-electron chi connectivity index (χ3n) is 2.49. The molecule has 1 aromatic rings. The maximum atomic E-state index is 11.7. The van der Waals surface area contributed by atoms with Crippen LogP contribution in [0.5, 0.6) is 0 Å². The number of aliphatic carboxylic acids is 1. The Balaban J connectivity index is 2.45. The first-order valence-corrected chi connectivity index (χ1v) is 6.84. The summed E-state index contributed by atoms with van der Waals surface area (Å²) >= 11 is 3.31. The zero-order valence-electron chi connectivity index (χ0n) is 10.6. The topological polar surface area (TPSA) is 78.4 Å². The number of carbonyl (C=O) groups is 2. The van der Waals surface area contributed by atoms with Gasteiger partial charge in [-0.3, -0.25) is 14.9 Å². The number of nitrogens with one attached hydrogen (secondary N) is 2. The van der Waals surface area contributed by atoms with E-state index in [9.17, 15) is 9.59 Å². The maximum absolute atomic E-state index is 11.7. The zero-order chi connectivity index (χ0) is 14.3. The lowest BCUT2D eigenvalue weighted by atomic mass is 10.2. The van der Waals surface area contributed by atoms with Crippen LogP contribution in [0, 0.1) is 0 Å². The van der Waals surface area contributed by atoms with Crippen LogP contribution >= 0.6 is 15.9 Å². The van der Waals surface area contributed by atoms with Gasteiger partial charge in [-0.05, 0) is 24.6 Å². The minimum absolute atomic E-state index is 0.0243. The lowest BCUT2D eigenvalue weighted by Gasteiger charge is -2.13. The van der Waals surface area contributed by atoms with Gasteiger partial charge in [0.1, 0.15) is 6.04 Å². The quantitative estimate of drug-likeness (QED) is 0.717. The van der Waals surface area contributed by atoms with Crippen LogP contribution < -0.4 is 10.6 Å². The average Bonchev–Trinajstić information content (AvgIpc) is 2.34. The maximum Gasteiger partial charge on any atom is 0.320 e. The van der Waals surface area contributed by atoms with Crippen molar-refractivity contribution in [2.24, 2.45) is 0 Å². The SMILES string of the molecule is CCCC(NCC(=O)Nc1cccc(Br)c1)C(=O)O. The van der Waals surface area contributed by atoms with E-state index < -0.39 is 12.0 Å². The predicted molar refractivity (Wildman–Crippen MR) is 77.1 cm³/mol. The molecule has 1 aromatic carbocycles. The smallest absolute Gasteiger partial charge is 0.320 e. The van der Waals surface area contributed by atoms with Gasteiger partial charge in [-0.15, -0.1) is 0 Å². The highest BCUT2D eigenvalue weighted by atomic mass is 79.9. The van der Waals surface area contributed by atoms with Crippen molar-refractivity contribution in [3.8, 4) is 0 Å². The fourth-order valence-corrected chi connectivity index (χ4v) is 1.99. The van der Waals surface area contributed by atoms with Crippen LogP contribution in [-0.4, -0.2) is 29.6 Å². The summed E-state index contributed by atoms with van der Waals surface area (Å²) in [6, 6.07) is 6.53. The first-order valence-electron chi connectivity index (χ1n) is 6.04. The molecule has 104 valence electrons. The van der Waals surface area contributed by atoms with Crippen LogP contribution in [0.4, 0.5) is 5.69 Å². The van der Waals surface area contributed by atoms with E-state index in [1.807, 2.05) is 19.1 Å². The fraction of sp³-hybridized carbons (Fsp3) is 0.385. The summed E-state index contributed by atoms with van der Waals surface area (Å²) in [6.45, 7) is 1.88. The molecule has 1 atom stereocenters. The summed E-state index contributed by atoms with van der Waals surface area (Å²) in [7, 11) is 0. The third kappa shape index (κ3) is 5.85. The number of hydrogen-bond acceptors (Lipinski definition) is 3. The number of halogens is 1. The van der Waals surface area contributed by atoms with Crippen molar-refractivity contribution in [1.82, 2.24) is 5.32 Å². The highest BCUT2D eigenvalue weighted by Gasteiger charge is 2.16. The minimum atomic E-state index is -0.933. The molecule has 0 saturated heterocycles. The molecule has 1 amide bonds. The van der Waals surface area contributed by atoms with Gasteiger partial charge in [0.2, 0.25) is 5.91 Å². The van der Waals surface area contributed by atoms with Crippen molar-refractivity contribution in [1.29, 1.82) is 0 Å². The second-order valence-electron chi connectivity index (χ2n) is 4.12. The number of hydrogen-bond donors (Lipinski definition) is 3. The lowest BCUT2D eigenvalue weighted by Crippen LogP contribution is -2.41. The second-order valence-corrected chi connectivity index (χ2v) is 5.03. The van der Waals surface area contributed by atoms with Gasteiger partial charge < -0.3 is 10.4 Å². The van der Waals surface area contributed by atoms with Crippen molar-refractivity contribution in [3.63, 3.8) is 0 Å². The molecule has 5 nitrogen and oxygen atoms in total. The molecule has 1 rings (SSSR count). The van der Waals surface area contributed by atoms with Gasteiger partial charge in [0.25, 0.3) is 0 Å². The van der Waals surface area contributed by atoms with E-state index in [4.69, 9.17) is 5.11 Å². The summed E-state index contributed by atoms with van der Waals surface area (Å²) in [5.74, 6) is -1.20. The number of rotatable bonds is 7. The van der Waals surface area contributed by atoms with E-state index in [1.165, 1.54) is 0 Å². The molecule has 0 saturated carbocycles. The Morgan fingerprint density at radius 2 is 2.16 bits per heavy atom. The van der Waals surface area contributed by atoms with Gasteiger partial charge in [0.15, 0.2) is 0 Å². The molecular formula is C13H17BrN2O3. The number of carbonyl (C=O) groups excluding carboxylic acids is 1. The number of carboxylic acids is 1. The van der Waals surface area contributed by atoms with Crippen molar-refractivity contribution in [2.75, 3.05) is 11.9 Å². The molecule has 0 heterocycles. The Morgan fingerprint density at radius 3 is 2.74 bits per heavy atom. The Morgan fingerprint density at radius 1 is 1.42 bits per heavy atom. The zero-order valence-corrected chi connectivity index (χ0v) is 12.2. The molecule has 1 unspecified atom stereocenters. The lowest BCUT2D eigenvalue weighted by molar-refractivity contribution is -0.139. The van der Waals surface area contributed by atoms with Gasteiger partial charge in [-0.2, -0.15) is 0 Å². The summed E-state index contributed by atoms with van der Waals surface area (Å²) < 4.78 is 0.868. The molecule has 0 spiro atoms. The van der Waals surface area contributed by atoms with Crippen molar-refractivity contribution < 1.29 is 14.7 Å². The number of benzene rings is 1. The van der Waals surface area contributed by atoms with Crippen molar-refractivity contribution >= 4 is 33.5 Å². The molecule has 6 heteroatoms. The molecular weight excluding hydrogens is 312 g/mol. The summed E-state index contributed by atoms with van der Waals surface area (Å²) in [5, 5.41) is 14.4. The summed E-state index contributed by atoms with van der Waals surface area (Å²) in [6.07, 6.45) is 1.25. The number of anilines is 1. The largest absolute Gasteiger partial charge is 0.480 e. The van der Waals surface area contributed by atoms with E-state index in [2.05, 4.69) is 26.6 Å². The van der Waals surface area contributed by atoms with E-state index in [1.54, 1.807) is 12.1 Å². The van der Waals surface area contributed by atoms with E-state index >= 15 is 0 Å². The van der Waals surface area contributed by atoms with Crippen LogP contribution in [-0.2, 0) is 9.59 Å². The van der Waals surface area contributed by atoms with E-state index in [0.29, 0.717) is 12.1 Å². The summed E-state index contributed by atoms with van der Waals surface area (Å²) in [5.41, 5.74) is 0.670.